The zero-order chi connectivity index (χ0) is 47.3. The molecule has 0 fully saturated rings. The minimum absolute atomic E-state index is 0.00929. The Hall–Kier alpha value is -3.83. The van der Waals surface area contributed by atoms with E-state index in [0.717, 1.165) is 0 Å². The summed E-state index contributed by atoms with van der Waals surface area (Å²) in [6.45, 7) is 3.71. The molecular formula is C39H5B23O. The SMILES string of the molecule is [B]C(=C)/C([B])=C(/[B])c1c([B])c(C/C([B])=C(/[B])c2oc3c([B])c([B])c(-c4c([B])c([B])c([B])c([B])c4[B])c([B])c3c2C#C)c2c([B])c([B])c([B])c([B])c2c1-c1c([B])c([B])c([B])c([B])c1[B]. The number of hydrogen-bond donors (Lipinski definition) is 0. The highest BCUT2D eigenvalue weighted by Crippen LogP contribution is 2.36. The van der Waals surface area contributed by atoms with Crippen molar-refractivity contribution < 1.29 is 4.42 Å². The predicted octanol–water partition coefficient (Wildman–Crippen LogP) is -13.9. The van der Waals surface area contributed by atoms with E-state index in [0.29, 0.717) is 0 Å². The first-order valence-corrected chi connectivity index (χ1v) is 18.1. The fourth-order valence-corrected chi connectivity index (χ4v) is 7.64. The Morgan fingerprint density at radius 1 is 0.429 bits per heavy atom. The summed E-state index contributed by atoms with van der Waals surface area (Å²) in [5.41, 5.74) is -2.81. The van der Waals surface area contributed by atoms with Crippen molar-refractivity contribution in [3.8, 4) is 34.6 Å². The van der Waals surface area contributed by atoms with Gasteiger partial charge in [0.2, 0.25) is 0 Å². The molecule has 0 atom stereocenters. The van der Waals surface area contributed by atoms with Gasteiger partial charge in [-0.2, -0.15) is 0 Å². The quantitative estimate of drug-likeness (QED) is 0.0903. The van der Waals surface area contributed by atoms with Gasteiger partial charge in [0.15, 0.2) is 0 Å². The second-order valence-electron chi connectivity index (χ2n) is 14.7. The molecule has 5 aromatic carbocycles. The summed E-state index contributed by atoms with van der Waals surface area (Å²) in [6, 6.07) is 0. The van der Waals surface area contributed by atoms with Crippen molar-refractivity contribution in [2.24, 2.45) is 0 Å². The van der Waals surface area contributed by atoms with E-state index in [2.05, 4.69) is 12.5 Å². The third-order valence-corrected chi connectivity index (χ3v) is 11.2. The molecule has 1 heterocycles. The zero-order valence-corrected chi connectivity index (χ0v) is 33.7. The third-order valence-electron chi connectivity index (χ3n) is 11.2. The molecule has 0 spiro atoms. The normalized spacial score (nSPS) is 12.3. The number of fused-ring (bicyclic) bond motifs is 2. The maximum Gasteiger partial charge on any atom is 0.135 e. The predicted molar refractivity (Wildman–Crippen MR) is 291 cm³/mol. The highest BCUT2D eigenvalue weighted by Gasteiger charge is 2.28. The number of rotatable bonds is 7. The molecule has 0 bridgehead atoms. The van der Waals surface area contributed by atoms with Crippen molar-refractivity contribution >= 4 is 311 Å². The molecule has 46 radical (unpaired) electrons. The molecule has 0 aliphatic rings. The monoisotopic (exact) mass is 742 g/mol. The second-order valence-corrected chi connectivity index (χ2v) is 14.7. The van der Waals surface area contributed by atoms with Crippen molar-refractivity contribution in [2.75, 3.05) is 0 Å². The molecule has 1 aromatic heterocycles. The molecule has 24 heteroatoms. The summed E-state index contributed by atoms with van der Waals surface area (Å²) >= 11 is 0. The van der Waals surface area contributed by atoms with Crippen LogP contribution in [0.3, 0.4) is 0 Å². The van der Waals surface area contributed by atoms with E-state index in [1.807, 2.05) is 0 Å². The van der Waals surface area contributed by atoms with Gasteiger partial charge in [0, 0.05) is 5.39 Å². The first-order chi connectivity index (χ1) is 29.3. The molecule has 63 heavy (non-hydrogen) atoms. The lowest BCUT2D eigenvalue weighted by Crippen LogP contribution is -2.56. The molecule has 0 amide bonds. The van der Waals surface area contributed by atoms with Crippen LogP contribution in [0.2, 0.25) is 0 Å². The van der Waals surface area contributed by atoms with Crippen LogP contribution < -0.4 is 98.3 Å². The molecule has 0 aliphatic heterocycles. The molecule has 0 saturated heterocycles. The standard InChI is InChI=1S/C39H5B23O/c1-3-6-10-20(45)15(16-26(51)33(58)36(61)34(59)27(16)52)28(53)37(62)39(10)63-38(6)19(44)8(41)4-7-9-12(22(47)30(55)29(54)21(9)46)11(13(18(7)43)23(48)17(42)5(2)40)14-24(49)31(56)35(60)32(57)25(14)50/h1H,2,4H2/b19-8-,23-17-. The third kappa shape index (κ3) is 7.34. The lowest BCUT2D eigenvalue weighted by molar-refractivity contribution is 0.603. The summed E-state index contributed by atoms with van der Waals surface area (Å²) in [7, 11) is 149. The summed E-state index contributed by atoms with van der Waals surface area (Å²) in [5.74, 6) is 2.38. The largest absolute Gasteiger partial charge is 0.457 e. The van der Waals surface area contributed by atoms with Crippen LogP contribution in [0.1, 0.15) is 22.5 Å². The molecular weight excluding hydrogens is 733 g/mol. The number of benzene rings is 5. The van der Waals surface area contributed by atoms with Crippen LogP contribution in [-0.4, -0.2) is 180 Å². The Balaban J connectivity index is 1.75. The number of furan rings is 1. The maximum atomic E-state index is 7.08. The van der Waals surface area contributed by atoms with Gasteiger partial charge in [-0.1, -0.05) is 71.5 Å². The van der Waals surface area contributed by atoms with Crippen molar-refractivity contribution in [1.82, 2.24) is 0 Å². The van der Waals surface area contributed by atoms with Gasteiger partial charge in [-0.05, 0) is 50.6 Å². The smallest absolute Gasteiger partial charge is 0.135 e. The number of terminal acetylenes is 1. The number of allylic oxidation sites excluding steroid dienone is 3. The Bertz CT molecular complexity index is 3140. The van der Waals surface area contributed by atoms with Crippen molar-refractivity contribution in [3.05, 3.63) is 45.4 Å². The average Bonchev–Trinajstić information content (AvgIpc) is 3.65. The van der Waals surface area contributed by atoms with E-state index in [-0.39, 0.29) is 199 Å². The second kappa shape index (κ2) is 17.5. The molecule has 0 aliphatic carbocycles. The fourth-order valence-electron chi connectivity index (χ4n) is 7.64. The van der Waals surface area contributed by atoms with Crippen LogP contribution in [0.4, 0.5) is 0 Å². The average molecular weight is 738 g/mol. The van der Waals surface area contributed by atoms with Crippen molar-refractivity contribution in [2.45, 2.75) is 6.42 Å². The van der Waals surface area contributed by atoms with E-state index in [9.17, 15) is 0 Å². The van der Waals surface area contributed by atoms with Crippen molar-refractivity contribution in [1.29, 1.82) is 0 Å². The van der Waals surface area contributed by atoms with Gasteiger partial charge in [-0.15, -0.1) is 73.1 Å². The fraction of sp³-hybridized carbons (Fsp3) is 0.0256. The molecule has 6 rings (SSSR count). The molecule has 6 aromatic rings. The van der Waals surface area contributed by atoms with Crippen LogP contribution in [0, 0.1) is 12.3 Å². The van der Waals surface area contributed by atoms with E-state index in [1.54, 1.807) is 0 Å². The van der Waals surface area contributed by atoms with Crippen LogP contribution in [0.25, 0.3) is 54.9 Å². The summed E-state index contributed by atoms with van der Waals surface area (Å²) in [4.78, 5) is 0. The highest BCUT2D eigenvalue weighted by atomic mass is 16.3. The number of hydrogen-bond acceptors (Lipinski definition) is 1. The maximum absolute atomic E-state index is 7.08. The van der Waals surface area contributed by atoms with Gasteiger partial charge in [-0.3, -0.25) is 0 Å². The first-order valence-electron chi connectivity index (χ1n) is 18.1. The highest BCUT2D eigenvalue weighted by molar-refractivity contribution is 6.73. The molecule has 0 saturated carbocycles. The van der Waals surface area contributed by atoms with E-state index in [4.69, 9.17) is 191 Å². The lowest BCUT2D eigenvalue weighted by Gasteiger charge is -2.32. The van der Waals surface area contributed by atoms with Gasteiger partial charge in [0.05, 0.1) is 5.56 Å². The van der Waals surface area contributed by atoms with E-state index >= 15 is 0 Å². The van der Waals surface area contributed by atoms with E-state index in [1.165, 1.54) is 0 Å². The van der Waals surface area contributed by atoms with Gasteiger partial charge in [0.25, 0.3) is 0 Å². The van der Waals surface area contributed by atoms with Gasteiger partial charge >= 0.3 is 0 Å². The van der Waals surface area contributed by atoms with Gasteiger partial charge in [0.1, 0.15) is 192 Å². The molecule has 236 valence electrons. The van der Waals surface area contributed by atoms with Gasteiger partial charge < -0.3 is 4.42 Å². The Morgan fingerprint density at radius 2 is 0.810 bits per heavy atom. The molecule has 0 unspecified atom stereocenters. The van der Waals surface area contributed by atoms with Crippen LogP contribution >= 0.6 is 0 Å². The Kier molecular flexibility index (Phi) is 13.5. The minimum atomic E-state index is -0.362. The van der Waals surface area contributed by atoms with Gasteiger partial charge in [-0.25, -0.2) is 0 Å². The van der Waals surface area contributed by atoms with Crippen LogP contribution in [0.5, 0.6) is 0 Å². The zero-order valence-electron chi connectivity index (χ0n) is 33.7. The van der Waals surface area contributed by atoms with Crippen LogP contribution in [0.15, 0.2) is 27.4 Å². The minimum Gasteiger partial charge on any atom is -0.457 e. The van der Waals surface area contributed by atoms with E-state index < -0.39 is 0 Å². The summed E-state index contributed by atoms with van der Waals surface area (Å²) < 4.78 is 6.21. The molecule has 1 nitrogen and oxygen atoms in total. The van der Waals surface area contributed by atoms with Crippen LogP contribution in [-0.2, 0) is 6.42 Å². The topological polar surface area (TPSA) is 13.1 Å². The lowest BCUT2D eigenvalue weighted by atomic mass is 9.56. The summed E-state index contributed by atoms with van der Waals surface area (Å²) in [5, 5.41) is 0.244. The summed E-state index contributed by atoms with van der Waals surface area (Å²) in [6.07, 6.45) is 5.73. The van der Waals surface area contributed by atoms with Crippen molar-refractivity contribution in [3.63, 3.8) is 0 Å². The molecule has 0 N–H and O–H groups in total. The Labute approximate surface area is 399 Å². The first kappa shape index (κ1) is 48.6. The Morgan fingerprint density at radius 3 is 1.25 bits per heavy atom.